The van der Waals surface area contributed by atoms with E-state index in [1.165, 1.54) is 12.1 Å². The fraction of sp³-hybridized carbons (Fsp3) is 0.308. The predicted molar refractivity (Wildman–Crippen MR) is 71.1 cm³/mol. The first-order chi connectivity index (χ1) is 9.29. The van der Waals surface area contributed by atoms with Gasteiger partial charge in [-0.15, -0.1) is 0 Å². The molecule has 7 heteroatoms. The van der Waals surface area contributed by atoms with Crippen LogP contribution in [0.15, 0.2) is 24.4 Å². The number of rotatable bonds is 3. The van der Waals surface area contributed by atoms with Gasteiger partial charge in [0, 0.05) is 36.2 Å². The van der Waals surface area contributed by atoms with Crippen LogP contribution in [0.25, 0.3) is 0 Å². The maximum absolute atomic E-state index is 12.7. The smallest absolute Gasteiger partial charge is 0.398 e. The van der Waals surface area contributed by atoms with Gasteiger partial charge in [0.1, 0.15) is 0 Å². The van der Waals surface area contributed by atoms with Gasteiger partial charge in [0.2, 0.25) is 0 Å². The van der Waals surface area contributed by atoms with Gasteiger partial charge in [-0.05, 0) is 25.1 Å². The first kappa shape index (κ1) is 14.2. The van der Waals surface area contributed by atoms with Gasteiger partial charge >= 0.3 is 6.18 Å². The number of aryl methyl sites for hydroxylation is 1. The van der Waals surface area contributed by atoms with Crippen LogP contribution in [0.4, 0.5) is 24.5 Å². The molecule has 0 unspecified atom stereocenters. The lowest BCUT2D eigenvalue weighted by Crippen LogP contribution is -2.10. The van der Waals surface area contributed by atoms with Crippen molar-refractivity contribution in [3.8, 4) is 0 Å². The molecule has 4 nitrogen and oxygen atoms in total. The zero-order chi connectivity index (χ0) is 14.9. The number of aromatic nitrogens is 2. The van der Waals surface area contributed by atoms with Gasteiger partial charge in [-0.1, -0.05) is 0 Å². The Hall–Kier alpha value is -2.18. The first-order valence-electron chi connectivity index (χ1n) is 5.97. The Bertz CT molecular complexity index is 617. The van der Waals surface area contributed by atoms with Crippen LogP contribution >= 0.6 is 0 Å². The monoisotopic (exact) mass is 284 g/mol. The molecule has 0 saturated carbocycles. The molecule has 0 bridgehead atoms. The molecule has 3 N–H and O–H groups in total. The van der Waals surface area contributed by atoms with Crippen LogP contribution < -0.4 is 11.1 Å². The topological polar surface area (TPSA) is 55.9 Å². The summed E-state index contributed by atoms with van der Waals surface area (Å²) in [5.41, 5.74) is 6.50. The summed E-state index contributed by atoms with van der Waals surface area (Å²) in [5.74, 6) is 0. The van der Waals surface area contributed by atoms with Crippen molar-refractivity contribution in [1.29, 1.82) is 0 Å². The van der Waals surface area contributed by atoms with Gasteiger partial charge in [0.15, 0.2) is 0 Å². The van der Waals surface area contributed by atoms with Crippen molar-refractivity contribution in [2.24, 2.45) is 7.05 Å². The van der Waals surface area contributed by atoms with Crippen molar-refractivity contribution in [2.75, 3.05) is 11.1 Å². The number of halogens is 3. The molecule has 1 aromatic heterocycles. The molecule has 0 aliphatic rings. The Kier molecular flexibility index (Phi) is 3.61. The van der Waals surface area contributed by atoms with Crippen LogP contribution in [-0.4, -0.2) is 9.78 Å². The zero-order valence-electron chi connectivity index (χ0n) is 11.1. The standard InChI is InChI=1S/C13H15F3N4/c1-8-9(7-19-20(8)2)6-18-10-3-4-12(17)11(5-10)13(14,15)16/h3-5,7,18H,6,17H2,1-2H3. The van der Waals surface area contributed by atoms with Gasteiger partial charge < -0.3 is 11.1 Å². The highest BCUT2D eigenvalue weighted by molar-refractivity contribution is 5.58. The van der Waals surface area contributed by atoms with Gasteiger partial charge in [-0.2, -0.15) is 18.3 Å². The highest BCUT2D eigenvalue weighted by Gasteiger charge is 2.33. The number of nitrogen functional groups attached to an aromatic ring is 1. The molecule has 2 aromatic rings. The number of nitrogens with two attached hydrogens (primary N) is 1. The molecular formula is C13H15F3N4. The molecule has 0 amide bonds. The van der Waals surface area contributed by atoms with Crippen LogP contribution in [-0.2, 0) is 19.8 Å². The Labute approximate surface area is 114 Å². The van der Waals surface area contributed by atoms with Crippen LogP contribution in [0.3, 0.4) is 0 Å². The molecule has 1 heterocycles. The van der Waals surface area contributed by atoms with Gasteiger partial charge in [-0.25, -0.2) is 0 Å². The van der Waals surface area contributed by atoms with Crippen LogP contribution in [0.2, 0.25) is 0 Å². The Morgan fingerprint density at radius 3 is 2.60 bits per heavy atom. The molecule has 2 rings (SSSR count). The van der Waals surface area contributed by atoms with Crippen molar-refractivity contribution in [1.82, 2.24) is 9.78 Å². The summed E-state index contributed by atoms with van der Waals surface area (Å²) in [5, 5.41) is 7.02. The summed E-state index contributed by atoms with van der Waals surface area (Å²) in [6.07, 6.45) is -2.77. The quantitative estimate of drug-likeness (QED) is 0.852. The summed E-state index contributed by atoms with van der Waals surface area (Å²) in [6, 6.07) is 3.79. The number of hydrogen-bond donors (Lipinski definition) is 2. The third kappa shape index (κ3) is 2.87. The van der Waals surface area contributed by atoms with Crippen molar-refractivity contribution < 1.29 is 13.2 Å². The fourth-order valence-electron chi connectivity index (χ4n) is 1.83. The van der Waals surface area contributed by atoms with Crippen molar-refractivity contribution in [3.05, 3.63) is 41.2 Å². The summed E-state index contributed by atoms with van der Waals surface area (Å²) in [7, 11) is 1.81. The van der Waals surface area contributed by atoms with E-state index in [-0.39, 0.29) is 5.69 Å². The summed E-state index contributed by atoms with van der Waals surface area (Å²) in [4.78, 5) is 0. The molecule has 0 atom stereocenters. The summed E-state index contributed by atoms with van der Waals surface area (Å²) < 4.78 is 39.9. The number of nitrogens with zero attached hydrogens (tertiary/aromatic N) is 2. The maximum atomic E-state index is 12.7. The van der Waals surface area contributed by atoms with E-state index in [4.69, 9.17) is 5.73 Å². The molecule has 0 fully saturated rings. The lowest BCUT2D eigenvalue weighted by Gasteiger charge is -2.13. The van der Waals surface area contributed by atoms with E-state index in [9.17, 15) is 13.2 Å². The Morgan fingerprint density at radius 1 is 1.35 bits per heavy atom. The van der Waals surface area contributed by atoms with E-state index >= 15 is 0 Å². The second-order valence-corrected chi connectivity index (χ2v) is 4.53. The van der Waals surface area contributed by atoms with Gasteiger partial charge in [-0.3, -0.25) is 4.68 Å². The Morgan fingerprint density at radius 2 is 2.05 bits per heavy atom. The zero-order valence-corrected chi connectivity index (χ0v) is 11.1. The number of anilines is 2. The van der Waals surface area contributed by atoms with Gasteiger partial charge in [0.05, 0.1) is 11.8 Å². The van der Waals surface area contributed by atoms with Crippen molar-refractivity contribution in [2.45, 2.75) is 19.6 Å². The van der Waals surface area contributed by atoms with Crippen LogP contribution in [0.5, 0.6) is 0 Å². The minimum Gasteiger partial charge on any atom is -0.398 e. The van der Waals surface area contributed by atoms with E-state index in [1.54, 1.807) is 10.9 Å². The summed E-state index contributed by atoms with van der Waals surface area (Å²) in [6.45, 7) is 2.30. The normalized spacial score (nSPS) is 11.7. The molecule has 108 valence electrons. The lowest BCUT2D eigenvalue weighted by atomic mass is 10.1. The number of benzene rings is 1. The number of hydrogen-bond acceptors (Lipinski definition) is 3. The molecule has 0 saturated heterocycles. The van der Waals surface area contributed by atoms with Crippen LogP contribution in [0, 0.1) is 6.92 Å². The molecular weight excluding hydrogens is 269 g/mol. The fourth-order valence-corrected chi connectivity index (χ4v) is 1.83. The average molecular weight is 284 g/mol. The Balaban J connectivity index is 2.17. The molecule has 0 aliphatic carbocycles. The second-order valence-electron chi connectivity index (χ2n) is 4.53. The molecule has 20 heavy (non-hydrogen) atoms. The second kappa shape index (κ2) is 5.07. The maximum Gasteiger partial charge on any atom is 0.418 e. The van der Waals surface area contributed by atoms with E-state index in [0.717, 1.165) is 17.3 Å². The molecule has 1 aromatic carbocycles. The number of alkyl halides is 3. The van der Waals surface area contributed by atoms with Crippen LogP contribution in [0.1, 0.15) is 16.8 Å². The minimum atomic E-state index is -4.45. The SMILES string of the molecule is Cc1c(CNc2ccc(N)c(C(F)(F)F)c2)cnn1C. The minimum absolute atomic E-state index is 0.277. The summed E-state index contributed by atoms with van der Waals surface area (Å²) >= 11 is 0. The first-order valence-corrected chi connectivity index (χ1v) is 5.97. The molecule has 0 aliphatic heterocycles. The molecule has 0 spiro atoms. The predicted octanol–water partition coefficient (Wildman–Crippen LogP) is 2.94. The third-order valence-corrected chi connectivity index (χ3v) is 3.18. The van der Waals surface area contributed by atoms with Crippen molar-refractivity contribution in [3.63, 3.8) is 0 Å². The average Bonchev–Trinajstić information content (AvgIpc) is 2.68. The highest BCUT2D eigenvalue weighted by atomic mass is 19.4. The molecule has 0 radical (unpaired) electrons. The number of nitrogens with one attached hydrogen (secondary N) is 1. The third-order valence-electron chi connectivity index (χ3n) is 3.18. The lowest BCUT2D eigenvalue weighted by molar-refractivity contribution is -0.136. The van der Waals surface area contributed by atoms with Gasteiger partial charge in [0.25, 0.3) is 0 Å². The van der Waals surface area contributed by atoms with E-state index in [2.05, 4.69) is 10.4 Å². The van der Waals surface area contributed by atoms with E-state index in [1.807, 2.05) is 14.0 Å². The van der Waals surface area contributed by atoms with E-state index < -0.39 is 11.7 Å². The van der Waals surface area contributed by atoms with Crippen molar-refractivity contribution >= 4 is 11.4 Å². The largest absolute Gasteiger partial charge is 0.418 e. The van der Waals surface area contributed by atoms with E-state index in [0.29, 0.717) is 12.2 Å². The highest BCUT2D eigenvalue weighted by Crippen LogP contribution is 2.35.